The molecule has 1 N–H and O–H groups in total. The second kappa shape index (κ2) is 6.29. The van der Waals surface area contributed by atoms with Crippen molar-refractivity contribution in [2.45, 2.75) is 19.1 Å². The molecule has 3 amide bonds. The molecule has 1 atom stereocenters. The third kappa shape index (κ3) is 2.94. The second-order valence-electron chi connectivity index (χ2n) is 5.73. The maximum absolute atomic E-state index is 13.0. The van der Waals surface area contributed by atoms with Gasteiger partial charge in [0, 0.05) is 0 Å². The highest BCUT2D eigenvalue weighted by Gasteiger charge is 2.41. The van der Waals surface area contributed by atoms with Gasteiger partial charge in [-0.05, 0) is 31.2 Å². The molecule has 0 bridgehead atoms. The number of carbonyl (C=O) groups excluding carboxylic acids is 3. The molecule has 2 aromatic rings. The van der Waals surface area contributed by atoms with Crippen LogP contribution in [0.5, 0.6) is 0 Å². The van der Waals surface area contributed by atoms with Crippen molar-refractivity contribution in [3.63, 3.8) is 0 Å². The van der Waals surface area contributed by atoms with E-state index in [1.54, 1.807) is 12.1 Å². The van der Waals surface area contributed by atoms with Crippen LogP contribution in [-0.4, -0.2) is 28.7 Å². The molecule has 0 unspecified atom stereocenters. The first-order valence-corrected chi connectivity index (χ1v) is 7.66. The quantitative estimate of drug-likeness (QED) is 0.852. The number of hydrogen-bond acceptors (Lipinski definition) is 3. The number of carbonyl (C=O) groups is 3. The van der Waals surface area contributed by atoms with E-state index >= 15 is 0 Å². The number of halogens is 3. The summed E-state index contributed by atoms with van der Waals surface area (Å²) < 4.78 is 39.1. The summed E-state index contributed by atoms with van der Waals surface area (Å²) in [5.74, 6) is -2.20. The first-order chi connectivity index (χ1) is 12.2. The molecule has 1 aliphatic rings. The van der Waals surface area contributed by atoms with Crippen LogP contribution in [0.15, 0.2) is 48.5 Å². The molecule has 0 radical (unpaired) electrons. The molecule has 1 aliphatic heterocycles. The molecule has 134 valence electrons. The summed E-state index contributed by atoms with van der Waals surface area (Å²) in [6.07, 6.45) is -4.65. The minimum atomic E-state index is -4.65. The Labute approximate surface area is 146 Å². The molecule has 3 rings (SSSR count). The zero-order valence-electron chi connectivity index (χ0n) is 13.5. The Kier molecular flexibility index (Phi) is 4.27. The van der Waals surface area contributed by atoms with E-state index < -0.39 is 41.2 Å². The fourth-order valence-electron chi connectivity index (χ4n) is 2.75. The van der Waals surface area contributed by atoms with E-state index in [9.17, 15) is 27.6 Å². The van der Waals surface area contributed by atoms with Gasteiger partial charge in [0.15, 0.2) is 0 Å². The monoisotopic (exact) mass is 362 g/mol. The molecule has 2 aromatic carbocycles. The van der Waals surface area contributed by atoms with E-state index in [0.29, 0.717) is 0 Å². The second-order valence-corrected chi connectivity index (χ2v) is 5.73. The number of alkyl halides is 3. The van der Waals surface area contributed by atoms with Crippen molar-refractivity contribution in [3.8, 4) is 0 Å². The largest absolute Gasteiger partial charge is 0.418 e. The molecule has 8 heteroatoms. The molecule has 0 saturated heterocycles. The topological polar surface area (TPSA) is 66.5 Å². The molecular weight excluding hydrogens is 349 g/mol. The number of nitrogens with one attached hydrogen (secondary N) is 1. The van der Waals surface area contributed by atoms with Gasteiger partial charge in [-0.2, -0.15) is 13.2 Å². The summed E-state index contributed by atoms with van der Waals surface area (Å²) >= 11 is 0. The van der Waals surface area contributed by atoms with Gasteiger partial charge in [-0.25, -0.2) is 0 Å². The molecule has 0 aliphatic carbocycles. The molecule has 5 nitrogen and oxygen atoms in total. The van der Waals surface area contributed by atoms with Gasteiger partial charge < -0.3 is 5.32 Å². The lowest BCUT2D eigenvalue weighted by Gasteiger charge is -2.22. The maximum Gasteiger partial charge on any atom is 0.418 e. The number of rotatable bonds is 3. The van der Waals surface area contributed by atoms with Gasteiger partial charge in [-0.1, -0.05) is 24.3 Å². The third-order valence-corrected chi connectivity index (χ3v) is 4.08. The Balaban J connectivity index is 1.85. The third-order valence-electron chi connectivity index (χ3n) is 4.08. The lowest BCUT2D eigenvalue weighted by Crippen LogP contribution is -2.45. The average Bonchev–Trinajstić information content (AvgIpc) is 2.85. The SMILES string of the molecule is C[C@@H](C(=O)Nc1ccccc1C(F)(F)F)N1C(=O)c2ccccc2C1=O. The van der Waals surface area contributed by atoms with Crippen molar-refractivity contribution in [1.82, 2.24) is 4.90 Å². The van der Waals surface area contributed by atoms with Crippen molar-refractivity contribution in [3.05, 3.63) is 65.2 Å². The molecule has 0 saturated carbocycles. The summed E-state index contributed by atoms with van der Waals surface area (Å²) in [5.41, 5.74) is -1.13. The van der Waals surface area contributed by atoms with Crippen LogP contribution in [0.1, 0.15) is 33.2 Å². The lowest BCUT2D eigenvalue weighted by molar-refractivity contribution is -0.137. The van der Waals surface area contributed by atoms with Crippen molar-refractivity contribution < 1.29 is 27.6 Å². The first kappa shape index (κ1) is 17.7. The number of anilines is 1. The summed E-state index contributed by atoms with van der Waals surface area (Å²) in [4.78, 5) is 37.9. The highest BCUT2D eigenvalue weighted by atomic mass is 19.4. The van der Waals surface area contributed by atoms with Crippen molar-refractivity contribution in [2.24, 2.45) is 0 Å². The lowest BCUT2D eigenvalue weighted by atomic mass is 10.1. The van der Waals surface area contributed by atoms with Crippen LogP contribution in [0.25, 0.3) is 0 Å². The van der Waals surface area contributed by atoms with Gasteiger partial charge in [0.1, 0.15) is 6.04 Å². The fraction of sp³-hybridized carbons (Fsp3) is 0.167. The molecular formula is C18H13F3N2O3. The number of nitrogens with zero attached hydrogens (tertiary/aromatic N) is 1. The van der Waals surface area contributed by atoms with Gasteiger partial charge in [0.2, 0.25) is 5.91 Å². The highest BCUT2D eigenvalue weighted by Crippen LogP contribution is 2.35. The predicted molar refractivity (Wildman–Crippen MR) is 86.5 cm³/mol. The number of hydrogen-bond donors (Lipinski definition) is 1. The molecule has 0 spiro atoms. The minimum absolute atomic E-state index is 0.160. The molecule has 0 fully saturated rings. The van der Waals surface area contributed by atoms with Gasteiger partial charge >= 0.3 is 6.18 Å². The van der Waals surface area contributed by atoms with Crippen LogP contribution >= 0.6 is 0 Å². The number of fused-ring (bicyclic) bond motifs is 1. The summed E-state index contributed by atoms with van der Waals surface area (Å²) in [6.45, 7) is 1.28. The summed E-state index contributed by atoms with van der Waals surface area (Å²) in [5, 5.41) is 2.16. The fourth-order valence-corrected chi connectivity index (χ4v) is 2.75. The van der Waals surface area contributed by atoms with Gasteiger partial charge in [-0.15, -0.1) is 0 Å². The normalized spacial score (nSPS) is 15.0. The van der Waals surface area contributed by atoms with E-state index in [-0.39, 0.29) is 11.1 Å². The van der Waals surface area contributed by atoms with Gasteiger partial charge in [0.05, 0.1) is 22.4 Å². The minimum Gasteiger partial charge on any atom is -0.324 e. The van der Waals surface area contributed by atoms with E-state index in [1.807, 2.05) is 0 Å². The summed E-state index contributed by atoms with van der Waals surface area (Å²) in [6, 6.07) is 9.29. The van der Waals surface area contributed by atoms with Crippen LogP contribution < -0.4 is 5.32 Å². The number of benzene rings is 2. The van der Waals surface area contributed by atoms with Crippen molar-refractivity contribution in [2.75, 3.05) is 5.32 Å². The standard InChI is InChI=1S/C18H13F3N2O3/c1-10(23-16(25)11-6-2-3-7-12(11)17(23)26)15(24)22-14-9-5-4-8-13(14)18(19,20)21/h2-10H,1H3,(H,22,24)/t10-/m0/s1. The van der Waals surface area contributed by atoms with Crippen molar-refractivity contribution >= 4 is 23.4 Å². The van der Waals surface area contributed by atoms with Gasteiger partial charge in [-0.3, -0.25) is 19.3 Å². The Hall–Kier alpha value is -3.16. The van der Waals surface area contributed by atoms with Crippen LogP contribution in [0.2, 0.25) is 0 Å². The van der Waals surface area contributed by atoms with E-state index in [1.165, 1.54) is 31.2 Å². The van der Waals surface area contributed by atoms with E-state index in [2.05, 4.69) is 5.32 Å². The van der Waals surface area contributed by atoms with Crippen LogP contribution in [0.3, 0.4) is 0 Å². The van der Waals surface area contributed by atoms with Crippen LogP contribution in [0.4, 0.5) is 18.9 Å². The number of amides is 3. The molecule has 26 heavy (non-hydrogen) atoms. The highest BCUT2D eigenvalue weighted by molar-refractivity contribution is 6.23. The average molecular weight is 362 g/mol. The predicted octanol–water partition coefficient (Wildman–Crippen LogP) is 3.33. The number of imide groups is 1. The number of para-hydroxylation sites is 1. The van der Waals surface area contributed by atoms with Gasteiger partial charge in [0.25, 0.3) is 11.8 Å². The Morgan fingerprint density at radius 2 is 1.46 bits per heavy atom. The van der Waals surface area contributed by atoms with Crippen molar-refractivity contribution in [1.29, 1.82) is 0 Å². The van der Waals surface area contributed by atoms with E-state index in [0.717, 1.165) is 17.0 Å². The molecule has 0 aromatic heterocycles. The smallest absolute Gasteiger partial charge is 0.324 e. The Bertz CT molecular complexity index is 874. The Morgan fingerprint density at radius 3 is 2.00 bits per heavy atom. The first-order valence-electron chi connectivity index (χ1n) is 7.66. The summed E-state index contributed by atoms with van der Waals surface area (Å²) in [7, 11) is 0. The molecule has 1 heterocycles. The van der Waals surface area contributed by atoms with Crippen LogP contribution in [0, 0.1) is 0 Å². The van der Waals surface area contributed by atoms with E-state index in [4.69, 9.17) is 0 Å². The zero-order valence-corrected chi connectivity index (χ0v) is 13.5. The maximum atomic E-state index is 13.0. The zero-order chi connectivity index (χ0) is 19.1. The Morgan fingerprint density at radius 1 is 0.962 bits per heavy atom. The van der Waals surface area contributed by atoms with Crippen LogP contribution in [-0.2, 0) is 11.0 Å².